The number of hydrogen-bond donors (Lipinski definition) is 2. The van der Waals surface area contributed by atoms with Crippen molar-refractivity contribution in [1.29, 1.82) is 0 Å². The van der Waals surface area contributed by atoms with Crippen molar-refractivity contribution in [1.82, 2.24) is 0 Å². The molecular weight excluding hydrogens is 188 g/mol. The summed E-state index contributed by atoms with van der Waals surface area (Å²) >= 11 is 0. The Balaban J connectivity index is 0.00000144. The molecular formula is C9H13ClN2O. The maximum absolute atomic E-state index is 10.1. The first-order chi connectivity index (χ1) is 5.86. The van der Waals surface area contributed by atoms with Gasteiger partial charge in [-0.05, 0) is 30.7 Å². The Bertz CT molecular complexity index is 248. The summed E-state index contributed by atoms with van der Waals surface area (Å²) in [7, 11) is 0. The van der Waals surface area contributed by atoms with Crippen LogP contribution in [0, 0.1) is 0 Å². The Morgan fingerprint density at radius 2 is 1.92 bits per heavy atom. The normalized spacial score (nSPS) is 8.69. The van der Waals surface area contributed by atoms with Gasteiger partial charge in [0.1, 0.15) is 0 Å². The van der Waals surface area contributed by atoms with Gasteiger partial charge in [-0.3, -0.25) is 4.79 Å². The number of carbonyl (C=O) groups is 1. The Morgan fingerprint density at radius 1 is 1.31 bits per heavy atom. The predicted molar refractivity (Wildman–Crippen MR) is 56.1 cm³/mol. The Labute approximate surface area is 83.7 Å². The first-order valence-electron chi connectivity index (χ1n) is 3.86. The van der Waals surface area contributed by atoms with Crippen molar-refractivity contribution in [2.24, 2.45) is 5.73 Å². The van der Waals surface area contributed by atoms with E-state index in [0.717, 1.165) is 12.1 Å². The maximum Gasteiger partial charge on any atom is 0.211 e. The third-order valence-corrected chi connectivity index (χ3v) is 1.61. The van der Waals surface area contributed by atoms with Gasteiger partial charge in [-0.15, -0.1) is 12.4 Å². The molecule has 0 saturated carbocycles. The molecule has 0 radical (unpaired) electrons. The molecule has 3 N–H and O–H groups in total. The maximum atomic E-state index is 10.1. The number of halogens is 1. The van der Waals surface area contributed by atoms with Gasteiger partial charge in [0, 0.05) is 5.69 Å². The fraction of sp³-hybridized carbons (Fsp3) is 0.222. The second kappa shape index (κ2) is 6.46. The molecule has 72 valence electrons. The van der Waals surface area contributed by atoms with Crippen LogP contribution < -0.4 is 11.1 Å². The highest BCUT2D eigenvalue weighted by Crippen LogP contribution is 2.08. The lowest BCUT2D eigenvalue weighted by atomic mass is 10.1. The smallest absolute Gasteiger partial charge is 0.211 e. The van der Waals surface area contributed by atoms with Crippen LogP contribution in [-0.4, -0.2) is 13.0 Å². The summed E-state index contributed by atoms with van der Waals surface area (Å²) in [6.45, 7) is 0.653. The molecule has 0 aliphatic carbocycles. The average molecular weight is 201 g/mol. The molecule has 0 unspecified atom stereocenters. The van der Waals surface area contributed by atoms with Gasteiger partial charge in [0.2, 0.25) is 6.41 Å². The molecule has 1 aromatic carbocycles. The molecule has 0 saturated heterocycles. The summed E-state index contributed by atoms with van der Waals surface area (Å²) < 4.78 is 0. The van der Waals surface area contributed by atoms with E-state index in [1.54, 1.807) is 0 Å². The highest BCUT2D eigenvalue weighted by molar-refractivity contribution is 5.85. The second-order valence-electron chi connectivity index (χ2n) is 2.50. The quantitative estimate of drug-likeness (QED) is 0.718. The van der Waals surface area contributed by atoms with E-state index in [2.05, 4.69) is 5.32 Å². The minimum Gasteiger partial charge on any atom is -0.330 e. The lowest BCUT2D eigenvalue weighted by molar-refractivity contribution is -0.105. The summed E-state index contributed by atoms with van der Waals surface area (Å²) in [5.74, 6) is 0. The Morgan fingerprint density at radius 3 is 2.38 bits per heavy atom. The first-order valence-corrected chi connectivity index (χ1v) is 3.86. The number of benzene rings is 1. The van der Waals surface area contributed by atoms with Gasteiger partial charge >= 0.3 is 0 Å². The first kappa shape index (κ1) is 11.9. The molecule has 3 nitrogen and oxygen atoms in total. The monoisotopic (exact) mass is 200 g/mol. The molecule has 0 atom stereocenters. The van der Waals surface area contributed by atoms with Gasteiger partial charge < -0.3 is 11.1 Å². The van der Waals surface area contributed by atoms with Crippen LogP contribution >= 0.6 is 12.4 Å². The molecule has 13 heavy (non-hydrogen) atoms. The summed E-state index contributed by atoms with van der Waals surface area (Å²) in [5.41, 5.74) is 7.39. The zero-order chi connectivity index (χ0) is 8.81. The van der Waals surface area contributed by atoms with E-state index in [9.17, 15) is 4.79 Å². The highest BCUT2D eigenvalue weighted by Gasteiger charge is 1.91. The van der Waals surface area contributed by atoms with Crippen LogP contribution in [0.5, 0.6) is 0 Å². The van der Waals surface area contributed by atoms with E-state index in [4.69, 9.17) is 5.73 Å². The third kappa shape index (κ3) is 3.92. The van der Waals surface area contributed by atoms with E-state index in [-0.39, 0.29) is 12.4 Å². The topological polar surface area (TPSA) is 55.1 Å². The average Bonchev–Trinajstić information content (AvgIpc) is 2.09. The van der Waals surface area contributed by atoms with Crippen LogP contribution in [0.25, 0.3) is 0 Å². The molecule has 0 aliphatic rings. The van der Waals surface area contributed by atoms with Crippen molar-refractivity contribution in [3.8, 4) is 0 Å². The van der Waals surface area contributed by atoms with Gasteiger partial charge in [-0.25, -0.2) is 0 Å². The van der Waals surface area contributed by atoms with E-state index in [1.807, 2.05) is 24.3 Å². The highest BCUT2D eigenvalue weighted by atomic mass is 35.5. The van der Waals surface area contributed by atoms with Crippen molar-refractivity contribution in [2.75, 3.05) is 11.9 Å². The molecule has 0 bridgehead atoms. The summed E-state index contributed by atoms with van der Waals surface area (Å²) in [4.78, 5) is 10.1. The largest absolute Gasteiger partial charge is 0.330 e. The Kier molecular flexibility index (Phi) is 5.93. The number of carbonyl (C=O) groups excluding carboxylic acids is 1. The zero-order valence-corrected chi connectivity index (χ0v) is 8.01. The fourth-order valence-electron chi connectivity index (χ4n) is 1.00. The Hall–Kier alpha value is -1.06. The van der Waals surface area contributed by atoms with Gasteiger partial charge in [0.05, 0.1) is 0 Å². The summed E-state index contributed by atoms with van der Waals surface area (Å²) in [6, 6.07) is 7.64. The molecule has 1 rings (SSSR count). The number of anilines is 1. The molecule has 0 aliphatic heterocycles. The second-order valence-corrected chi connectivity index (χ2v) is 2.50. The minimum atomic E-state index is 0. The van der Waals surface area contributed by atoms with Crippen LogP contribution in [0.3, 0.4) is 0 Å². The summed E-state index contributed by atoms with van der Waals surface area (Å²) in [6.07, 6.45) is 1.54. The molecule has 0 aromatic heterocycles. The van der Waals surface area contributed by atoms with Gasteiger partial charge in [0.15, 0.2) is 0 Å². The molecule has 1 amide bonds. The van der Waals surface area contributed by atoms with Crippen molar-refractivity contribution < 1.29 is 4.79 Å². The molecule has 0 spiro atoms. The SMILES string of the molecule is Cl.NCCc1ccc(NC=O)cc1. The predicted octanol–water partition coefficient (Wildman–Crippen LogP) is 1.18. The number of rotatable bonds is 4. The van der Waals surface area contributed by atoms with E-state index in [0.29, 0.717) is 13.0 Å². The van der Waals surface area contributed by atoms with Crippen LogP contribution in [0.2, 0.25) is 0 Å². The molecule has 0 fully saturated rings. The van der Waals surface area contributed by atoms with Crippen molar-refractivity contribution in [3.05, 3.63) is 29.8 Å². The van der Waals surface area contributed by atoms with Gasteiger partial charge in [-0.2, -0.15) is 0 Å². The number of nitrogens with one attached hydrogen (secondary N) is 1. The third-order valence-electron chi connectivity index (χ3n) is 1.61. The van der Waals surface area contributed by atoms with Crippen molar-refractivity contribution in [2.45, 2.75) is 6.42 Å². The lowest BCUT2D eigenvalue weighted by Gasteiger charge is -2.00. The lowest BCUT2D eigenvalue weighted by Crippen LogP contribution is -2.02. The van der Waals surface area contributed by atoms with Crippen LogP contribution in [-0.2, 0) is 11.2 Å². The van der Waals surface area contributed by atoms with E-state index >= 15 is 0 Å². The fourth-order valence-corrected chi connectivity index (χ4v) is 1.00. The molecule has 0 heterocycles. The van der Waals surface area contributed by atoms with Crippen LogP contribution in [0.1, 0.15) is 5.56 Å². The van der Waals surface area contributed by atoms with Gasteiger partial charge in [0.25, 0.3) is 0 Å². The van der Waals surface area contributed by atoms with Crippen molar-refractivity contribution in [3.63, 3.8) is 0 Å². The minimum absolute atomic E-state index is 0. The number of hydrogen-bond acceptors (Lipinski definition) is 2. The van der Waals surface area contributed by atoms with E-state index in [1.165, 1.54) is 5.56 Å². The molecule has 4 heteroatoms. The standard InChI is InChI=1S/C9H12N2O.ClH/c10-6-5-8-1-3-9(4-2-8)11-7-12;/h1-4,7H,5-6,10H2,(H,11,12);1H. The molecule has 1 aromatic rings. The number of nitrogens with two attached hydrogens (primary N) is 1. The zero-order valence-electron chi connectivity index (χ0n) is 7.19. The van der Waals surface area contributed by atoms with E-state index < -0.39 is 0 Å². The van der Waals surface area contributed by atoms with Crippen LogP contribution in [0.4, 0.5) is 5.69 Å². The summed E-state index contributed by atoms with van der Waals surface area (Å²) in [5, 5.41) is 2.57. The van der Waals surface area contributed by atoms with Crippen LogP contribution in [0.15, 0.2) is 24.3 Å². The number of amides is 1. The van der Waals surface area contributed by atoms with Gasteiger partial charge in [-0.1, -0.05) is 12.1 Å². The van der Waals surface area contributed by atoms with Crippen molar-refractivity contribution >= 4 is 24.5 Å².